The molecule has 3 heterocycles. The van der Waals surface area contributed by atoms with Gasteiger partial charge in [0.2, 0.25) is 15.9 Å². The third-order valence-corrected chi connectivity index (χ3v) is 8.79. The zero-order valence-corrected chi connectivity index (χ0v) is 19.2. The number of benzene rings is 1. The van der Waals surface area contributed by atoms with Gasteiger partial charge in [-0.25, -0.2) is 8.42 Å². The van der Waals surface area contributed by atoms with Gasteiger partial charge in [-0.1, -0.05) is 24.2 Å². The van der Waals surface area contributed by atoms with E-state index in [9.17, 15) is 18.0 Å². The molecule has 1 unspecified atom stereocenters. The van der Waals surface area contributed by atoms with Crippen molar-refractivity contribution in [1.29, 1.82) is 0 Å². The summed E-state index contributed by atoms with van der Waals surface area (Å²) < 4.78 is 35.3. The SMILES string of the molecule is O=C(CCn1c(=O)sc2cc(S(=O)(=O)N3CCCCCC3)ccc21)NCC1CCCO1. The Labute approximate surface area is 186 Å². The first kappa shape index (κ1) is 22.4. The largest absolute Gasteiger partial charge is 0.376 e. The van der Waals surface area contributed by atoms with Crippen LogP contribution in [0.1, 0.15) is 44.9 Å². The van der Waals surface area contributed by atoms with Crippen LogP contribution < -0.4 is 10.2 Å². The highest BCUT2D eigenvalue weighted by Gasteiger charge is 2.26. The van der Waals surface area contributed by atoms with Crippen molar-refractivity contribution >= 4 is 37.5 Å². The number of carbonyl (C=O) groups excluding carboxylic acids is 1. The molecule has 1 aromatic heterocycles. The van der Waals surface area contributed by atoms with Crippen molar-refractivity contribution in [1.82, 2.24) is 14.2 Å². The van der Waals surface area contributed by atoms with Gasteiger partial charge in [-0.2, -0.15) is 4.31 Å². The molecular weight excluding hydrogens is 438 g/mol. The van der Waals surface area contributed by atoms with Crippen molar-refractivity contribution in [2.24, 2.45) is 0 Å². The molecule has 2 aliphatic heterocycles. The number of hydrogen-bond donors (Lipinski definition) is 1. The fourth-order valence-electron chi connectivity index (χ4n) is 4.18. The van der Waals surface area contributed by atoms with Gasteiger partial charge in [0.05, 0.1) is 21.2 Å². The van der Waals surface area contributed by atoms with Crippen LogP contribution in [0.3, 0.4) is 0 Å². The molecule has 0 bridgehead atoms. The summed E-state index contributed by atoms with van der Waals surface area (Å²) in [7, 11) is -3.57. The van der Waals surface area contributed by atoms with Gasteiger partial charge < -0.3 is 10.1 Å². The van der Waals surface area contributed by atoms with Crippen molar-refractivity contribution in [2.45, 2.75) is 62.5 Å². The van der Waals surface area contributed by atoms with Gasteiger partial charge in [0.15, 0.2) is 0 Å². The fraction of sp³-hybridized carbons (Fsp3) is 0.619. The van der Waals surface area contributed by atoms with E-state index in [1.54, 1.807) is 27.1 Å². The Balaban J connectivity index is 1.45. The van der Waals surface area contributed by atoms with Gasteiger partial charge in [-0.15, -0.1) is 0 Å². The van der Waals surface area contributed by atoms with Crippen molar-refractivity contribution in [3.05, 3.63) is 27.9 Å². The molecule has 0 aliphatic carbocycles. The molecule has 0 saturated carbocycles. The number of sulfonamides is 1. The summed E-state index contributed by atoms with van der Waals surface area (Å²) in [6.07, 6.45) is 6.10. The summed E-state index contributed by atoms with van der Waals surface area (Å²) in [5, 5.41) is 2.86. The molecule has 2 aliphatic rings. The lowest BCUT2D eigenvalue weighted by molar-refractivity contribution is -0.121. The standard InChI is InChI=1S/C21H29N3O5S2/c25-20(22-15-16-6-5-13-29-16)9-12-24-18-8-7-17(14-19(18)30-21(24)26)31(27,28)23-10-3-1-2-4-11-23/h7-8,14,16H,1-6,9-13,15H2,(H,22,25). The highest BCUT2D eigenvalue weighted by molar-refractivity contribution is 7.89. The van der Waals surface area contributed by atoms with Crippen LogP contribution in [0.4, 0.5) is 0 Å². The van der Waals surface area contributed by atoms with Crippen molar-refractivity contribution < 1.29 is 17.9 Å². The predicted octanol–water partition coefficient (Wildman–Crippen LogP) is 2.31. The minimum atomic E-state index is -3.57. The molecule has 2 aromatic rings. The average Bonchev–Trinajstić information content (AvgIpc) is 3.27. The van der Waals surface area contributed by atoms with E-state index in [1.807, 2.05) is 0 Å². The lowest BCUT2D eigenvalue weighted by Gasteiger charge is -2.19. The van der Waals surface area contributed by atoms with E-state index in [0.717, 1.165) is 56.5 Å². The number of nitrogens with zero attached hydrogens (tertiary/aromatic N) is 2. The molecule has 1 atom stereocenters. The Morgan fingerprint density at radius 3 is 2.65 bits per heavy atom. The van der Waals surface area contributed by atoms with Crippen LogP contribution in [0, 0.1) is 0 Å². The number of thiazole rings is 1. The highest BCUT2D eigenvalue weighted by Crippen LogP contribution is 2.25. The maximum atomic E-state index is 13.1. The molecule has 31 heavy (non-hydrogen) atoms. The second-order valence-electron chi connectivity index (χ2n) is 8.16. The van der Waals surface area contributed by atoms with Crippen molar-refractivity contribution in [3.63, 3.8) is 0 Å². The molecule has 2 saturated heterocycles. The Morgan fingerprint density at radius 2 is 1.94 bits per heavy atom. The monoisotopic (exact) mass is 467 g/mol. The molecule has 1 amide bonds. The van der Waals surface area contributed by atoms with Crippen LogP contribution in [0.15, 0.2) is 27.9 Å². The molecule has 0 radical (unpaired) electrons. The summed E-state index contributed by atoms with van der Waals surface area (Å²) in [6.45, 7) is 2.58. The number of aryl methyl sites for hydroxylation is 1. The van der Waals surface area contributed by atoms with Gasteiger partial charge in [-0.3, -0.25) is 14.2 Å². The molecule has 1 N–H and O–H groups in total. The summed E-state index contributed by atoms with van der Waals surface area (Å²) in [5.41, 5.74) is 0.664. The number of carbonyl (C=O) groups is 1. The molecule has 8 nitrogen and oxygen atoms in total. The van der Waals surface area contributed by atoms with Crippen LogP contribution in [0.2, 0.25) is 0 Å². The number of fused-ring (bicyclic) bond motifs is 1. The third-order valence-electron chi connectivity index (χ3n) is 5.96. The normalized spacial score (nSPS) is 20.7. The van der Waals surface area contributed by atoms with Gasteiger partial charge in [0.1, 0.15) is 0 Å². The molecule has 10 heteroatoms. The second kappa shape index (κ2) is 9.81. The summed E-state index contributed by atoms with van der Waals surface area (Å²) in [6, 6.07) is 4.85. The van der Waals surface area contributed by atoms with E-state index in [-0.39, 0.29) is 34.7 Å². The van der Waals surface area contributed by atoms with Gasteiger partial charge in [0.25, 0.3) is 0 Å². The maximum absolute atomic E-state index is 13.1. The smallest absolute Gasteiger partial charge is 0.308 e. The van der Waals surface area contributed by atoms with E-state index >= 15 is 0 Å². The van der Waals surface area contributed by atoms with Gasteiger partial charge in [-0.05, 0) is 43.9 Å². The average molecular weight is 468 g/mol. The minimum Gasteiger partial charge on any atom is -0.376 e. The fourth-order valence-corrected chi connectivity index (χ4v) is 6.76. The lowest BCUT2D eigenvalue weighted by Crippen LogP contribution is -2.32. The Hall–Kier alpha value is -1.75. The molecule has 0 spiro atoms. The second-order valence-corrected chi connectivity index (χ2v) is 11.1. The minimum absolute atomic E-state index is 0.0817. The van der Waals surface area contributed by atoms with E-state index < -0.39 is 10.0 Å². The number of amides is 1. The zero-order valence-electron chi connectivity index (χ0n) is 17.5. The summed E-state index contributed by atoms with van der Waals surface area (Å²) in [5.74, 6) is -0.123. The molecule has 170 valence electrons. The van der Waals surface area contributed by atoms with E-state index in [2.05, 4.69) is 5.32 Å². The van der Waals surface area contributed by atoms with Crippen LogP contribution in [-0.2, 0) is 26.1 Å². The van der Waals surface area contributed by atoms with Crippen LogP contribution in [-0.4, -0.2) is 55.5 Å². The topological polar surface area (TPSA) is 97.7 Å². The first-order valence-electron chi connectivity index (χ1n) is 11.0. The third kappa shape index (κ3) is 5.19. The number of nitrogens with one attached hydrogen (secondary N) is 1. The highest BCUT2D eigenvalue weighted by atomic mass is 32.2. The molecule has 2 fully saturated rings. The number of ether oxygens (including phenoxy) is 1. The van der Waals surface area contributed by atoms with Crippen LogP contribution >= 0.6 is 11.3 Å². The van der Waals surface area contributed by atoms with Gasteiger partial charge >= 0.3 is 4.87 Å². The number of hydrogen-bond acceptors (Lipinski definition) is 6. The first-order valence-corrected chi connectivity index (χ1v) is 13.2. The van der Waals surface area contributed by atoms with E-state index in [1.165, 1.54) is 0 Å². The van der Waals surface area contributed by atoms with E-state index in [0.29, 0.717) is 29.9 Å². The molecule has 1 aromatic carbocycles. The lowest BCUT2D eigenvalue weighted by atomic mass is 10.2. The first-order chi connectivity index (χ1) is 14.9. The molecule has 4 rings (SSSR count). The molecular formula is C21H29N3O5S2. The van der Waals surface area contributed by atoms with Crippen LogP contribution in [0.5, 0.6) is 0 Å². The summed E-state index contributed by atoms with van der Waals surface area (Å²) in [4.78, 5) is 24.7. The predicted molar refractivity (Wildman–Crippen MR) is 120 cm³/mol. The Morgan fingerprint density at radius 1 is 1.16 bits per heavy atom. The van der Waals surface area contributed by atoms with Crippen molar-refractivity contribution in [2.75, 3.05) is 26.2 Å². The number of rotatable bonds is 7. The van der Waals surface area contributed by atoms with Gasteiger partial charge in [0, 0.05) is 39.2 Å². The number of aromatic nitrogens is 1. The van der Waals surface area contributed by atoms with Crippen LogP contribution in [0.25, 0.3) is 10.2 Å². The van der Waals surface area contributed by atoms with E-state index in [4.69, 9.17) is 4.74 Å². The Bertz CT molecular complexity index is 1080. The Kier molecular flexibility index (Phi) is 7.10. The zero-order chi connectivity index (χ0) is 21.8. The summed E-state index contributed by atoms with van der Waals surface area (Å²) >= 11 is 1.02. The maximum Gasteiger partial charge on any atom is 0.308 e. The quantitative estimate of drug-likeness (QED) is 0.674. The van der Waals surface area contributed by atoms with Crippen molar-refractivity contribution in [3.8, 4) is 0 Å².